The minimum atomic E-state index is 0.681. The highest BCUT2D eigenvalue weighted by Gasteiger charge is 2.07. The molecule has 0 aliphatic heterocycles. The predicted octanol–water partition coefficient (Wildman–Crippen LogP) is 5.72. The molecular weight excluding hydrogens is 344 g/mol. The Kier molecular flexibility index (Phi) is 8.99. The van der Waals surface area contributed by atoms with Crippen molar-refractivity contribution in [2.75, 3.05) is 0 Å². The van der Waals surface area contributed by atoms with E-state index in [1.165, 1.54) is 33.4 Å². The van der Waals surface area contributed by atoms with Gasteiger partial charge in [-0.2, -0.15) is 0 Å². The molecule has 0 bridgehead atoms. The van der Waals surface area contributed by atoms with E-state index in [9.17, 15) is 0 Å². The Morgan fingerprint density at radius 2 is 0.714 bits per heavy atom. The van der Waals surface area contributed by atoms with E-state index in [-0.39, 0.29) is 0 Å². The van der Waals surface area contributed by atoms with Crippen molar-refractivity contribution in [3.05, 3.63) is 58.7 Å². The van der Waals surface area contributed by atoms with Crippen molar-refractivity contribution in [1.82, 2.24) is 0 Å². The number of hydrogen-bond acceptors (Lipinski definition) is 4. The fourth-order valence-corrected chi connectivity index (χ4v) is 3.01. The molecule has 0 atom stereocenters. The molecule has 4 heteroatoms. The normalized spacial score (nSPS) is 12.3. The summed E-state index contributed by atoms with van der Waals surface area (Å²) >= 11 is 0. The van der Waals surface area contributed by atoms with Gasteiger partial charge in [-0.3, -0.25) is 20.0 Å². The molecule has 146 valence electrons. The average molecular weight is 375 g/mol. The van der Waals surface area contributed by atoms with Gasteiger partial charge in [-0.1, -0.05) is 12.1 Å². The van der Waals surface area contributed by atoms with Crippen LogP contribution in [0.5, 0.6) is 0 Å². The van der Waals surface area contributed by atoms with Gasteiger partial charge in [0.05, 0.1) is 26.2 Å². The molecule has 0 heterocycles. The maximum absolute atomic E-state index is 4.41. The highest BCUT2D eigenvalue weighted by atomic mass is 14.7. The molecule has 28 heavy (non-hydrogen) atoms. The van der Waals surface area contributed by atoms with Crippen LogP contribution >= 0.6 is 0 Å². The van der Waals surface area contributed by atoms with E-state index < -0.39 is 0 Å². The molecule has 0 saturated heterocycles. The standard InChI is InChI=1S/C24H30N4/c1-5-25-15-19-9-20(16-26-6-2)12-23(11-19)24-13-21(17-27-7-3)10-22(14-24)18-28-8-4/h5-14H,15-18H2,1-4H3/b25-5+,26-6+,27-7+,28-8+. The molecule has 2 aromatic rings. The van der Waals surface area contributed by atoms with E-state index in [1.807, 2.05) is 52.6 Å². The molecular formula is C24H30N4. The second-order valence-corrected chi connectivity index (χ2v) is 6.47. The third kappa shape index (κ3) is 6.69. The molecule has 0 saturated carbocycles. The van der Waals surface area contributed by atoms with Gasteiger partial charge in [0.25, 0.3) is 0 Å². The Labute approximate surface area is 168 Å². The van der Waals surface area contributed by atoms with Crippen LogP contribution in [-0.4, -0.2) is 24.9 Å². The average Bonchev–Trinajstić information content (AvgIpc) is 2.73. The van der Waals surface area contributed by atoms with Crippen LogP contribution in [0.15, 0.2) is 56.4 Å². The summed E-state index contributed by atoms with van der Waals surface area (Å²) in [5.74, 6) is 0. The SMILES string of the molecule is C/C=N/Cc1cc(C/N=C/C)cc(-c2cc(C/N=C/C)cc(C/N=C/C)c2)c1. The number of benzene rings is 2. The molecule has 4 nitrogen and oxygen atoms in total. The Bertz CT molecular complexity index is 738. The largest absolute Gasteiger partial charge is 0.293 e. The van der Waals surface area contributed by atoms with Crippen LogP contribution in [0.1, 0.15) is 49.9 Å². The van der Waals surface area contributed by atoms with Gasteiger partial charge in [0, 0.05) is 0 Å². The lowest BCUT2D eigenvalue weighted by molar-refractivity contribution is 1.02. The smallest absolute Gasteiger partial charge is 0.0636 e. The zero-order valence-electron chi connectivity index (χ0n) is 17.4. The van der Waals surface area contributed by atoms with Gasteiger partial charge < -0.3 is 0 Å². The quantitative estimate of drug-likeness (QED) is 0.504. The van der Waals surface area contributed by atoms with Crippen LogP contribution in [0.4, 0.5) is 0 Å². The molecule has 0 N–H and O–H groups in total. The fraction of sp³-hybridized carbons (Fsp3) is 0.333. The van der Waals surface area contributed by atoms with Gasteiger partial charge in [0.1, 0.15) is 0 Å². The Morgan fingerprint density at radius 3 is 0.929 bits per heavy atom. The summed E-state index contributed by atoms with van der Waals surface area (Å²) < 4.78 is 0. The lowest BCUT2D eigenvalue weighted by atomic mass is 9.96. The first-order valence-corrected chi connectivity index (χ1v) is 9.74. The zero-order chi connectivity index (χ0) is 20.2. The van der Waals surface area contributed by atoms with E-state index in [1.54, 1.807) is 0 Å². The lowest BCUT2D eigenvalue weighted by Gasteiger charge is -2.11. The molecule has 0 unspecified atom stereocenters. The second kappa shape index (κ2) is 11.8. The first kappa shape index (κ1) is 21.4. The molecule has 0 spiro atoms. The summed E-state index contributed by atoms with van der Waals surface area (Å²) in [7, 11) is 0. The highest BCUT2D eigenvalue weighted by Crippen LogP contribution is 2.27. The van der Waals surface area contributed by atoms with Gasteiger partial charge in [-0.05, 0) is 110 Å². The number of rotatable bonds is 9. The van der Waals surface area contributed by atoms with Crippen LogP contribution in [0.25, 0.3) is 11.1 Å². The highest BCUT2D eigenvalue weighted by molar-refractivity contribution is 5.68. The summed E-state index contributed by atoms with van der Waals surface area (Å²) in [6.07, 6.45) is 7.39. The topological polar surface area (TPSA) is 49.4 Å². The Balaban J connectivity index is 2.52. The summed E-state index contributed by atoms with van der Waals surface area (Å²) in [6, 6.07) is 13.3. The van der Waals surface area contributed by atoms with Crippen molar-refractivity contribution in [2.24, 2.45) is 20.0 Å². The van der Waals surface area contributed by atoms with Crippen LogP contribution in [0.2, 0.25) is 0 Å². The molecule has 0 aromatic heterocycles. The maximum Gasteiger partial charge on any atom is 0.0636 e. The summed E-state index contributed by atoms with van der Waals surface area (Å²) in [5.41, 5.74) is 7.16. The number of aliphatic imine (C=N–C) groups is 4. The van der Waals surface area contributed by atoms with Gasteiger partial charge in [-0.15, -0.1) is 0 Å². The van der Waals surface area contributed by atoms with Crippen LogP contribution in [-0.2, 0) is 26.2 Å². The first-order chi connectivity index (χ1) is 13.7. The van der Waals surface area contributed by atoms with Crippen molar-refractivity contribution in [1.29, 1.82) is 0 Å². The minimum absolute atomic E-state index is 0.681. The van der Waals surface area contributed by atoms with Crippen molar-refractivity contribution >= 4 is 24.9 Å². The van der Waals surface area contributed by atoms with E-state index in [4.69, 9.17) is 0 Å². The predicted molar refractivity (Wildman–Crippen MR) is 123 cm³/mol. The number of nitrogens with zero attached hydrogens (tertiary/aromatic N) is 4. The minimum Gasteiger partial charge on any atom is -0.293 e. The molecule has 0 aliphatic rings. The van der Waals surface area contributed by atoms with Gasteiger partial charge in [0.15, 0.2) is 0 Å². The third-order valence-electron chi connectivity index (χ3n) is 4.26. The molecule has 0 amide bonds. The van der Waals surface area contributed by atoms with E-state index in [0.717, 1.165) is 0 Å². The second-order valence-electron chi connectivity index (χ2n) is 6.47. The Hall–Kier alpha value is -2.88. The zero-order valence-corrected chi connectivity index (χ0v) is 17.4. The van der Waals surface area contributed by atoms with E-state index in [2.05, 4.69) is 56.4 Å². The van der Waals surface area contributed by atoms with Crippen LogP contribution in [0, 0.1) is 0 Å². The first-order valence-electron chi connectivity index (χ1n) is 9.74. The van der Waals surface area contributed by atoms with Crippen LogP contribution < -0.4 is 0 Å². The van der Waals surface area contributed by atoms with E-state index in [0.29, 0.717) is 26.2 Å². The van der Waals surface area contributed by atoms with Crippen LogP contribution in [0.3, 0.4) is 0 Å². The van der Waals surface area contributed by atoms with Crippen molar-refractivity contribution in [2.45, 2.75) is 53.9 Å². The number of hydrogen-bond donors (Lipinski definition) is 0. The van der Waals surface area contributed by atoms with Gasteiger partial charge in [0.2, 0.25) is 0 Å². The van der Waals surface area contributed by atoms with Gasteiger partial charge >= 0.3 is 0 Å². The molecule has 0 radical (unpaired) electrons. The maximum atomic E-state index is 4.41. The Morgan fingerprint density at radius 1 is 0.464 bits per heavy atom. The summed E-state index contributed by atoms with van der Waals surface area (Å²) in [6.45, 7) is 10.5. The monoisotopic (exact) mass is 374 g/mol. The fourth-order valence-electron chi connectivity index (χ4n) is 3.01. The molecule has 0 fully saturated rings. The van der Waals surface area contributed by atoms with Crippen molar-refractivity contribution in [3.8, 4) is 11.1 Å². The molecule has 0 aliphatic carbocycles. The molecule has 2 aromatic carbocycles. The third-order valence-corrected chi connectivity index (χ3v) is 4.26. The van der Waals surface area contributed by atoms with E-state index >= 15 is 0 Å². The summed E-state index contributed by atoms with van der Waals surface area (Å²) in [4.78, 5) is 17.7. The lowest BCUT2D eigenvalue weighted by Crippen LogP contribution is -1.94. The van der Waals surface area contributed by atoms with Crippen molar-refractivity contribution in [3.63, 3.8) is 0 Å². The van der Waals surface area contributed by atoms with Crippen molar-refractivity contribution < 1.29 is 0 Å². The van der Waals surface area contributed by atoms with Gasteiger partial charge in [-0.25, -0.2) is 0 Å². The molecule has 2 rings (SSSR count). The summed E-state index contributed by atoms with van der Waals surface area (Å²) in [5, 5.41) is 0.